The quantitative estimate of drug-likeness (QED) is 0.608. The van der Waals surface area contributed by atoms with E-state index in [0.717, 1.165) is 0 Å². The Morgan fingerprint density at radius 3 is 2.33 bits per heavy atom. The van der Waals surface area contributed by atoms with E-state index in [-0.39, 0.29) is 11.7 Å². The fraction of sp³-hybridized carbons (Fsp3) is 0.136. The van der Waals surface area contributed by atoms with Crippen molar-refractivity contribution in [2.75, 3.05) is 21.9 Å². The number of para-hydroxylation sites is 1. The van der Waals surface area contributed by atoms with Crippen molar-refractivity contribution < 1.29 is 17.9 Å². The Balaban J connectivity index is 1.49. The normalized spacial score (nSPS) is 15.0. The Morgan fingerprint density at radius 1 is 0.967 bits per heavy atom. The summed E-state index contributed by atoms with van der Waals surface area (Å²) in [5, 5.41) is 3.08. The minimum atomic E-state index is -3.32. The average molecular weight is 443 g/mol. The predicted molar refractivity (Wildman–Crippen MR) is 118 cm³/mol. The highest BCUT2D eigenvalue weighted by molar-refractivity contribution is 7.93. The summed E-state index contributed by atoms with van der Waals surface area (Å²) >= 11 is 6.22. The van der Waals surface area contributed by atoms with Crippen LogP contribution in [0.15, 0.2) is 72.8 Å². The van der Waals surface area contributed by atoms with Crippen LogP contribution in [0.5, 0.6) is 11.5 Å². The summed E-state index contributed by atoms with van der Waals surface area (Å²) < 4.78 is 31.4. The highest BCUT2D eigenvalue weighted by Gasteiger charge is 2.28. The van der Waals surface area contributed by atoms with E-state index in [9.17, 15) is 13.2 Å². The summed E-state index contributed by atoms with van der Waals surface area (Å²) in [6.45, 7) is 0.417. The number of hydrogen-bond donors (Lipinski definition) is 1. The molecular weight excluding hydrogens is 424 g/mol. The van der Waals surface area contributed by atoms with Crippen LogP contribution in [-0.4, -0.2) is 26.6 Å². The Labute approximate surface area is 180 Å². The molecule has 0 spiro atoms. The zero-order valence-corrected chi connectivity index (χ0v) is 17.5. The highest BCUT2D eigenvalue weighted by Crippen LogP contribution is 2.31. The number of nitrogens with zero attached hydrogens (tertiary/aromatic N) is 1. The van der Waals surface area contributed by atoms with Crippen LogP contribution < -0.4 is 14.4 Å². The number of anilines is 2. The van der Waals surface area contributed by atoms with E-state index in [0.29, 0.717) is 46.4 Å². The van der Waals surface area contributed by atoms with Crippen molar-refractivity contribution in [3.63, 3.8) is 0 Å². The second kappa shape index (κ2) is 8.38. The molecular formula is C22H19ClN2O4S. The molecule has 0 radical (unpaired) electrons. The van der Waals surface area contributed by atoms with Gasteiger partial charge in [0.2, 0.25) is 10.0 Å². The van der Waals surface area contributed by atoms with Crippen LogP contribution in [0.25, 0.3) is 0 Å². The first-order valence-electron chi connectivity index (χ1n) is 9.37. The maximum Gasteiger partial charge on any atom is 0.255 e. The third kappa shape index (κ3) is 4.42. The van der Waals surface area contributed by atoms with Gasteiger partial charge in [0.1, 0.15) is 11.5 Å². The molecule has 4 rings (SSSR count). The number of carbonyl (C=O) groups excluding carboxylic acids is 1. The van der Waals surface area contributed by atoms with E-state index in [2.05, 4.69) is 5.32 Å². The fourth-order valence-corrected chi connectivity index (χ4v) is 4.91. The molecule has 30 heavy (non-hydrogen) atoms. The smallest absolute Gasteiger partial charge is 0.255 e. The predicted octanol–water partition coefficient (Wildman–Crippen LogP) is 4.92. The van der Waals surface area contributed by atoms with Crippen molar-refractivity contribution in [2.24, 2.45) is 0 Å². The summed E-state index contributed by atoms with van der Waals surface area (Å²) in [5.74, 6) is 1.08. The van der Waals surface area contributed by atoms with Crippen LogP contribution in [-0.2, 0) is 10.0 Å². The molecule has 0 saturated carbocycles. The van der Waals surface area contributed by atoms with Crippen molar-refractivity contribution in [1.29, 1.82) is 0 Å². The third-order valence-electron chi connectivity index (χ3n) is 4.68. The molecule has 1 saturated heterocycles. The van der Waals surface area contributed by atoms with E-state index in [1.807, 2.05) is 30.3 Å². The molecule has 1 heterocycles. The number of carbonyl (C=O) groups is 1. The molecule has 3 aromatic carbocycles. The molecule has 0 aromatic heterocycles. The number of sulfonamides is 1. The fourth-order valence-electron chi connectivity index (χ4n) is 3.19. The van der Waals surface area contributed by atoms with Gasteiger partial charge in [0.15, 0.2) is 0 Å². The summed E-state index contributed by atoms with van der Waals surface area (Å²) in [7, 11) is -3.32. The van der Waals surface area contributed by atoms with E-state index in [1.54, 1.807) is 42.5 Å². The molecule has 154 valence electrons. The van der Waals surface area contributed by atoms with Gasteiger partial charge in [0.25, 0.3) is 5.91 Å². The van der Waals surface area contributed by atoms with E-state index < -0.39 is 10.0 Å². The number of benzene rings is 3. The third-order valence-corrected chi connectivity index (χ3v) is 6.88. The van der Waals surface area contributed by atoms with Crippen molar-refractivity contribution in [3.8, 4) is 11.5 Å². The lowest BCUT2D eigenvalue weighted by atomic mass is 10.2. The zero-order chi connectivity index (χ0) is 21.1. The van der Waals surface area contributed by atoms with Gasteiger partial charge < -0.3 is 10.1 Å². The molecule has 0 unspecified atom stereocenters. The van der Waals surface area contributed by atoms with Crippen LogP contribution >= 0.6 is 11.6 Å². The number of hydrogen-bond acceptors (Lipinski definition) is 4. The van der Waals surface area contributed by atoms with Crippen LogP contribution in [0.1, 0.15) is 16.8 Å². The number of rotatable bonds is 5. The summed E-state index contributed by atoms with van der Waals surface area (Å²) in [5.41, 5.74) is 1.26. The molecule has 0 atom stereocenters. The second-order valence-corrected chi connectivity index (χ2v) is 9.22. The Bertz CT molecular complexity index is 1170. The van der Waals surface area contributed by atoms with Gasteiger partial charge in [-0.3, -0.25) is 9.10 Å². The number of ether oxygens (including phenoxy) is 1. The molecule has 3 aromatic rings. The minimum absolute atomic E-state index is 0.120. The van der Waals surface area contributed by atoms with Gasteiger partial charge in [0.05, 0.1) is 22.2 Å². The minimum Gasteiger partial charge on any atom is -0.457 e. The van der Waals surface area contributed by atoms with Crippen LogP contribution in [0.4, 0.5) is 11.4 Å². The van der Waals surface area contributed by atoms with E-state index in [4.69, 9.17) is 16.3 Å². The van der Waals surface area contributed by atoms with Crippen LogP contribution in [0, 0.1) is 0 Å². The van der Waals surface area contributed by atoms with Gasteiger partial charge >= 0.3 is 0 Å². The zero-order valence-electron chi connectivity index (χ0n) is 15.9. The monoisotopic (exact) mass is 442 g/mol. The van der Waals surface area contributed by atoms with E-state index >= 15 is 0 Å². The second-order valence-electron chi connectivity index (χ2n) is 6.80. The summed E-state index contributed by atoms with van der Waals surface area (Å²) in [6.07, 6.45) is 0.573. The number of nitrogens with one attached hydrogen (secondary N) is 1. The molecule has 0 aliphatic carbocycles. The Kier molecular flexibility index (Phi) is 5.65. The van der Waals surface area contributed by atoms with E-state index in [1.165, 1.54) is 4.31 Å². The maximum absolute atomic E-state index is 12.7. The Morgan fingerprint density at radius 2 is 1.67 bits per heavy atom. The summed E-state index contributed by atoms with van der Waals surface area (Å²) in [4.78, 5) is 12.7. The number of amides is 1. The lowest BCUT2D eigenvalue weighted by Gasteiger charge is -2.18. The van der Waals surface area contributed by atoms with Crippen molar-refractivity contribution in [2.45, 2.75) is 6.42 Å². The van der Waals surface area contributed by atoms with Crippen molar-refractivity contribution in [3.05, 3.63) is 83.4 Å². The van der Waals surface area contributed by atoms with Gasteiger partial charge in [0, 0.05) is 12.1 Å². The first-order valence-corrected chi connectivity index (χ1v) is 11.4. The van der Waals surface area contributed by atoms with Crippen molar-refractivity contribution >= 4 is 38.9 Å². The van der Waals surface area contributed by atoms with Gasteiger partial charge in [-0.05, 0) is 61.0 Å². The molecule has 1 aliphatic heterocycles. The van der Waals surface area contributed by atoms with Gasteiger partial charge in [-0.1, -0.05) is 29.8 Å². The molecule has 1 aliphatic rings. The molecule has 0 bridgehead atoms. The first kappa shape index (κ1) is 20.3. The number of halogens is 1. The lowest BCUT2D eigenvalue weighted by molar-refractivity contribution is 0.102. The molecule has 1 amide bonds. The average Bonchev–Trinajstić information content (AvgIpc) is 3.10. The first-order chi connectivity index (χ1) is 14.4. The van der Waals surface area contributed by atoms with Gasteiger partial charge in [-0.15, -0.1) is 0 Å². The van der Waals surface area contributed by atoms with Crippen LogP contribution in [0.2, 0.25) is 5.02 Å². The SMILES string of the molecule is O=C(Nc1cc(N2CCCS2(=O)=O)ccc1Cl)c1ccc(Oc2ccccc2)cc1. The standard InChI is InChI=1S/C22H19ClN2O4S/c23-20-12-9-17(25-13-4-14-30(25,27)28)15-21(20)24-22(26)16-7-10-19(11-8-16)29-18-5-2-1-3-6-18/h1-3,5-12,15H,4,13-14H2,(H,24,26). The molecule has 1 N–H and O–H groups in total. The van der Waals surface area contributed by atoms with Gasteiger partial charge in [-0.25, -0.2) is 8.42 Å². The highest BCUT2D eigenvalue weighted by atomic mass is 35.5. The molecule has 6 nitrogen and oxygen atoms in total. The maximum atomic E-state index is 12.7. The lowest BCUT2D eigenvalue weighted by Crippen LogP contribution is -2.25. The van der Waals surface area contributed by atoms with Crippen LogP contribution in [0.3, 0.4) is 0 Å². The topological polar surface area (TPSA) is 75.7 Å². The Hall–Kier alpha value is -3.03. The molecule has 1 fully saturated rings. The summed E-state index contributed by atoms with van der Waals surface area (Å²) in [6, 6.07) is 20.8. The largest absolute Gasteiger partial charge is 0.457 e. The molecule has 8 heteroatoms. The van der Waals surface area contributed by atoms with Crippen molar-refractivity contribution in [1.82, 2.24) is 0 Å². The van der Waals surface area contributed by atoms with Gasteiger partial charge in [-0.2, -0.15) is 0 Å².